The van der Waals surface area contributed by atoms with Crippen molar-refractivity contribution in [1.29, 1.82) is 0 Å². The summed E-state index contributed by atoms with van der Waals surface area (Å²) in [7, 11) is 0. The summed E-state index contributed by atoms with van der Waals surface area (Å²) in [6.07, 6.45) is 3.56. The van der Waals surface area contributed by atoms with Crippen molar-refractivity contribution in [3.05, 3.63) is 18.2 Å². The van der Waals surface area contributed by atoms with Crippen molar-refractivity contribution in [2.75, 3.05) is 0 Å². The second-order valence-electron chi connectivity index (χ2n) is 2.30. The molecule has 0 fully saturated rings. The Morgan fingerprint density at radius 2 is 2.67 bits per heavy atom. The van der Waals surface area contributed by atoms with E-state index >= 15 is 0 Å². The molecule has 0 aliphatic carbocycles. The molecule has 0 bridgehead atoms. The van der Waals surface area contributed by atoms with Gasteiger partial charge in [-0.1, -0.05) is 0 Å². The summed E-state index contributed by atoms with van der Waals surface area (Å²) in [5, 5.41) is -0.507. The number of nitrogens with zero attached hydrogens (tertiary/aromatic N) is 1. The Balaban J connectivity index is 2.54. The molecule has 0 aliphatic rings. The minimum absolute atomic E-state index is 0.416. The van der Waals surface area contributed by atoms with Gasteiger partial charge < -0.3 is 4.98 Å². The molecule has 66 valence electrons. The summed E-state index contributed by atoms with van der Waals surface area (Å²) in [4.78, 5) is 17.3. The molecule has 0 aromatic carbocycles. The molecule has 0 spiro atoms. The van der Waals surface area contributed by atoms with Gasteiger partial charge in [-0.25, -0.2) is 10.4 Å². The normalized spacial score (nSPS) is 12.8. The molecule has 1 aromatic heterocycles. The Bertz CT molecular complexity index is 248. The molecule has 0 saturated carbocycles. The monoisotopic (exact) mass is 188 g/mol. The van der Waals surface area contributed by atoms with Gasteiger partial charge in [0.2, 0.25) is 5.24 Å². The average molecular weight is 189 g/mol. The predicted octanol–water partition coefficient (Wildman–Crippen LogP) is -0.451. The van der Waals surface area contributed by atoms with E-state index in [0.717, 1.165) is 5.69 Å². The van der Waals surface area contributed by atoms with Crippen LogP contribution in [0.2, 0.25) is 0 Å². The molecule has 1 atom stereocenters. The van der Waals surface area contributed by atoms with Gasteiger partial charge in [-0.3, -0.25) is 10.6 Å². The summed E-state index contributed by atoms with van der Waals surface area (Å²) in [5.41, 5.74) is 3.12. The Hall–Kier alpha value is -0.910. The standard InChI is InChI=1S/C6H9ClN4O/c7-6(12)5(11-8)1-4-2-9-3-10-4/h2-3,5,11H,1,8H2,(H,9,10)/t5-/m0/s1. The molecule has 12 heavy (non-hydrogen) atoms. The lowest BCUT2D eigenvalue weighted by atomic mass is 10.2. The smallest absolute Gasteiger partial charge is 0.240 e. The van der Waals surface area contributed by atoms with Gasteiger partial charge in [-0.2, -0.15) is 0 Å². The van der Waals surface area contributed by atoms with Crippen molar-refractivity contribution < 1.29 is 4.79 Å². The van der Waals surface area contributed by atoms with Gasteiger partial charge >= 0.3 is 0 Å². The van der Waals surface area contributed by atoms with Crippen LogP contribution in [0.5, 0.6) is 0 Å². The molecule has 6 heteroatoms. The van der Waals surface area contributed by atoms with Crippen LogP contribution in [0.25, 0.3) is 0 Å². The van der Waals surface area contributed by atoms with Crippen LogP contribution in [-0.4, -0.2) is 21.3 Å². The number of hydrogen-bond donors (Lipinski definition) is 3. The summed E-state index contributed by atoms with van der Waals surface area (Å²) >= 11 is 5.25. The number of carbonyl (C=O) groups is 1. The highest BCUT2D eigenvalue weighted by Crippen LogP contribution is 2.00. The second-order valence-corrected chi connectivity index (χ2v) is 2.68. The summed E-state index contributed by atoms with van der Waals surface area (Å²) < 4.78 is 0. The first kappa shape index (κ1) is 9.18. The van der Waals surface area contributed by atoms with Crippen molar-refractivity contribution in [2.24, 2.45) is 5.84 Å². The van der Waals surface area contributed by atoms with Gasteiger partial charge in [-0.15, -0.1) is 0 Å². The molecule has 4 N–H and O–H groups in total. The van der Waals surface area contributed by atoms with Gasteiger partial charge in [0.1, 0.15) is 6.04 Å². The Kier molecular flexibility index (Phi) is 3.21. The predicted molar refractivity (Wildman–Crippen MR) is 44.3 cm³/mol. The van der Waals surface area contributed by atoms with Crippen LogP contribution in [0.1, 0.15) is 5.69 Å². The number of hydrogen-bond acceptors (Lipinski definition) is 4. The largest absolute Gasteiger partial charge is 0.348 e. The molecule has 1 rings (SSSR count). The van der Waals surface area contributed by atoms with Crippen molar-refractivity contribution >= 4 is 16.8 Å². The zero-order valence-electron chi connectivity index (χ0n) is 6.25. The lowest BCUT2D eigenvalue weighted by Gasteiger charge is -2.08. The zero-order chi connectivity index (χ0) is 8.97. The van der Waals surface area contributed by atoms with Gasteiger partial charge in [0.15, 0.2) is 0 Å². The number of aromatic amines is 1. The average Bonchev–Trinajstić information content (AvgIpc) is 2.51. The molecular weight excluding hydrogens is 180 g/mol. The maximum atomic E-state index is 10.7. The molecule has 1 heterocycles. The Morgan fingerprint density at radius 3 is 3.08 bits per heavy atom. The fourth-order valence-electron chi connectivity index (χ4n) is 0.821. The fraction of sp³-hybridized carbons (Fsp3) is 0.333. The highest BCUT2D eigenvalue weighted by Gasteiger charge is 2.14. The number of aromatic nitrogens is 2. The summed E-state index contributed by atoms with van der Waals surface area (Å²) in [6, 6.07) is -0.563. The van der Waals surface area contributed by atoms with Crippen LogP contribution in [0.3, 0.4) is 0 Å². The maximum Gasteiger partial charge on any atom is 0.240 e. The second kappa shape index (κ2) is 4.20. The van der Waals surface area contributed by atoms with Gasteiger partial charge in [0.25, 0.3) is 0 Å². The third kappa shape index (κ3) is 2.30. The number of nitrogens with one attached hydrogen (secondary N) is 2. The molecule has 0 aliphatic heterocycles. The van der Waals surface area contributed by atoms with Gasteiger partial charge in [-0.05, 0) is 11.6 Å². The first-order valence-electron chi connectivity index (χ1n) is 3.36. The lowest BCUT2D eigenvalue weighted by molar-refractivity contribution is -0.113. The molecule has 5 nitrogen and oxygen atoms in total. The highest BCUT2D eigenvalue weighted by molar-refractivity contribution is 6.64. The van der Waals surface area contributed by atoms with E-state index in [0.29, 0.717) is 6.42 Å². The van der Waals surface area contributed by atoms with Crippen molar-refractivity contribution in [3.63, 3.8) is 0 Å². The number of carbonyl (C=O) groups excluding carboxylic acids is 1. The summed E-state index contributed by atoms with van der Waals surface area (Å²) in [6.45, 7) is 0. The van der Waals surface area contributed by atoms with Gasteiger partial charge in [0, 0.05) is 18.3 Å². The first-order chi connectivity index (χ1) is 5.74. The van der Waals surface area contributed by atoms with Crippen LogP contribution < -0.4 is 11.3 Å². The van der Waals surface area contributed by atoms with Crippen LogP contribution >= 0.6 is 11.6 Å². The Labute approximate surface area is 74.3 Å². The SMILES string of the molecule is NN[C@@H](Cc1cnc[nH]1)C(=O)Cl. The molecule has 0 radical (unpaired) electrons. The minimum Gasteiger partial charge on any atom is -0.348 e. The number of nitrogens with two attached hydrogens (primary N) is 1. The van der Waals surface area contributed by atoms with Crippen molar-refractivity contribution in [1.82, 2.24) is 15.4 Å². The van der Waals surface area contributed by atoms with Gasteiger partial charge in [0.05, 0.1) is 6.33 Å². The molecule has 0 unspecified atom stereocenters. The zero-order valence-corrected chi connectivity index (χ0v) is 7.01. The maximum absolute atomic E-state index is 10.7. The van der Waals surface area contributed by atoms with Crippen LogP contribution in [-0.2, 0) is 11.2 Å². The number of H-pyrrole nitrogens is 1. The number of halogens is 1. The van der Waals surface area contributed by atoms with E-state index in [1.54, 1.807) is 6.20 Å². The summed E-state index contributed by atoms with van der Waals surface area (Å²) in [5.74, 6) is 5.10. The van der Waals surface area contributed by atoms with Crippen molar-refractivity contribution in [2.45, 2.75) is 12.5 Å². The molecule has 0 saturated heterocycles. The number of rotatable bonds is 4. The third-order valence-electron chi connectivity index (χ3n) is 1.45. The van der Waals surface area contributed by atoms with E-state index in [4.69, 9.17) is 17.4 Å². The van der Waals surface area contributed by atoms with Crippen molar-refractivity contribution in [3.8, 4) is 0 Å². The Morgan fingerprint density at radius 1 is 1.92 bits per heavy atom. The quantitative estimate of drug-likeness (QED) is 0.340. The number of hydrazine groups is 1. The molecular formula is C6H9ClN4O. The van der Waals surface area contributed by atoms with E-state index in [9.17, 15) is 4.79 Å². The highest BCUT2D eigenvalue weighted by atomic mass is 35.5. The molecule has 0 amide bonds. The van der Waals surface area contributed by atoms with E-state index in [1.807, 2.05) is 0 Å². The van der Waals surface area contributed by atoms with Crippen LogP contribution in [0.15, 0.2) is 12.5 Å². The first-order valence-corrected chi connectivity index (χ1v) is 3.74. The molecule has 1 aromatic rings. The minimum atomic E-state index is -0.563. The third-order valence-corrected chi connectivity index (χ3v) is 1.72. The topological polar surface area (TPSA) is 83.8 Å². The van der Waals surface area contributed by atoms with E-state index in [-0.39, 0.29) is 0 Å². The lowest BCUT2D eigenvalue weighted by Crippen LogP contribution is -2.41. The van der Waals surface area contributed by atoms with Crippen LogP contribution in [0, 0.1) is 0 Å². The van der Waals surface area contributed by atoms with Crippen LogP contribution in [0.4, 0.5) is 0 Å². The van der Waals surface area contributed by atoms with E-state index < -0.39 is 11.3 Å². The van der Waals surface area contributed by atoms with E-state index in [2.05, 4.69) is 15.4 Å². The van der Waals surface area contributed by atoms with E-state index in [1.165, 1.54) is 6.33 Å². The fourth-order valence-corrected chi connectivity index (χ4v) is 0.961. The number of imidazole rings is 1.